The summed E-state index contributed by atoms with van der Waals surface area (Å²) in [6.07, 6.45) is 6.99. The molecule has 1 aromatic carbocycles. The van der Waals surface area contributed by atoms with E-state index in [9.17, 15) is 0 Å². The number of pyridine rings is 1. The standard InChI is InChI=1S/C19H15N5OS/c1-2-15(12-16(3-1)25-13-14-4-7-20-8-5-14)23-19-22-9-6-17(24-19)18-21-10-11-26-18/h1-12H,13H2,(H,22,23,24). The van der Waals surface area contributed by atoms with Crippen LogP contribution in [-0.2, 0) is 6.61 Å². The van der Waals surface area contributed by atoms with Crippen LogP contribution < -0.4 is 10.1 Å². The van der Waals surface area contributed by atoms with Gasteiger partial charge in [-0.15, -0.1) is 11.3 Å². The van der Waals surface area contributed by atoms with Crippen LogP contribution in [0.1, 0.15) is 5.56 Å². The highest BCUT2D eigenvalue weighted by atomic mass is 32.1. The molecular weight excluding hydrogens is 346 g/mol. The molecule has 3 aromatic heterocycles. The van der Waals surface area contributed by atoms with Crippen LogP contribution in [0, 0.1) is 0 Å². The number of aromatic nitrogens is 4. The Labute approximate surface area is 154 Å². The summed E-state index contributed by atoms with van der Waals surface area (Å²) in [6, 6.07) is 13.4. The third-order valence-electron chi connectivity index (χ3n) is 3.55. The Morgan fingerprint density at radius 1 is 0.962 bits per heavy atom. The van der Waals surface area contributed by atoms with E-state index in [0.29, 0.717) is 12.6 Å². The van der Waals surface area contributed by atoms with Crippen LogP contribution in [0.5, 0.6) is 5.75 Å². The predicted molar refractivity (Wildman–Crippen MR) is 101 cm³/mol. The fourth-order valence-electron chi connectivity index (χ4n) is 2.33. The van der Waals surface area contributed by atoms with Gasteiger partial charge in [-0.25, -0.2) is 15.0 Å². The van der Waals surface area contributed by atoms with Crippen molar-refractivity contribution in [1.82, 2.24) is 19.9 Å². The average Bonchev–Trinajstić information content (AvgIpc) is 3.23. The molecule has 0 radical (unpaired) electrons. The van der Waals surface area contributed by atoms with E-state index in [0.717, 1.165) is 27.7 Å². The molecule has 0 saturated carbocycles. The second kappa shape index (κ2) is 7.71. The Bertz CT molecular complexity index is 976. The predicted octanol–water partition coefficient (Wildman–Crippen LogP) is 4.32. The van der Waals surface area contributed by atoms with Gasteiger partial charge in [0.25, 0.3) is 0 Å². The Morgan fingerprint density at radius 3 is 2.73 bits per heavy atom. The van der Waals surface area contributed by atoms with Crippen molar-refractivity contribution in [2.45, 2.75) is 6.61 Å². The van der Waals surface area contributed by atoms with E-state index in [1.165, 1.54) is 0 Å². The molecule has 0 spiro atoms. The van der Waals surface area contributed by atoms with E-state index >= 15 is 0 Å². The first kappa shape index (κ1) is 16.2. The van der Waals surface area contributed by atoms with Crippen LogP contribution in [0.15, 0.2) is 72.6 Å². The SMILES string of the molecule is c1cc(Nc2nccc(-c3nccs3)n2)cc(OCc2ccncc2)c1. The molecule has 3 heterocycles. The number of hydrogen-bond acceptors (Lipinski definition) is 7. The van der Waals surface area contributed by atoms with E-state index in [4.69, 9.17) is 4.74 Å². The maximum absolute atomic E-state index is 5.84. The molecule has 0 amide bonds. The van der Waals surface area contributed by atoms with Crippen LogP contribution in [0.4, 0.5) is 11.6 Å². The number of nitrogens with one attached hydrogen (secondary N) is 1. The molecular formula is C19H15N5OS. The van der Waals surface area contributed by atoms with E-state index < -0.39 is 0 Å². The second-order valence-electron chi connectivity index (χ2n) is 5.40. The third kappa shape index (κ3) is 4.01. The molecule has 128 valence electrons. The number of ether oxygens (including phenoxy) is 1. The number of nitrogens with zero attached hydrogens (tertiary/aromatic N) is 4. The highest BCUT2D eigenvalue weighted by Gasteiger charge is 2.05. The van der Waals surface area contributed by atoms with Gasteiger partial charge in [0.1, 0.15) is 23.1 Å². The van der Waals surface area contributed by atoms with Crippen LogP contribution in [0.2, 0.25) is 0 Å². The zero-order valence-electron chi connectivity index (χ0n) is 13.7. The summed E-state index contributed by atoms with van der Waals surface area (Å²) in [7, 11) is 0. The molecule has 0 unspecified atom stereocenters. The summed E-state index contributed by atoms with van der Waals surface area (Å²) < 4.78 is 5.84. The zero-order chi connectivity index (χ0) is 17.6. The number of hydrogen-bond donors (Lipinski definition) is 1. The molecule has 1 N–H and O–H groups in total. The molecule has 4 aromatic rings. The van der Waals surface area contributed by atoms with E-state index in [1.54, 1.807) is 36.1 Å². The van der Waals surface area contributed by atoms with E-state index in [2.05, 4.69) is 25.3 Å². The quantitative estimate of drug-likeness (QED) is 0.551. The molecule has 0 aliphatic carbocycles. The third-order valence-corrected chi connectivity index (χ3v) is 4.35. The van der Waals surface area contributed by atoms with Crippen LogP contribution in [-0.4, -0.2) is 19.9 Å². The molecule has 0 fully saturated rings. The minimum Gasteiger partial charge on any atom is -0.489 e. The molecule has 4 rings (SSSR count). The van der Waals surface area contributed by atoms with Crippen LogP contribution >= 0.6 is 11.3 Å². The topological polar surface area (TPSA) is 72.8 Å². The van der Waals surface area contributed by atoms with Crippen LogP contribution in [0.3, 0.4) is 0 Å². The molecule has 0 aliphatic heterocycles. The number of benzene rings is 1. The van der Waals surface area contributed by atoms with Crippen molar-refractivity contribution in [2.75, 3.05) is 5.32 Å². The summed E-state index contributed by atoms with van der Waals surface area (Å²) in [5, 5.41) is 6.00. The Balaban J connectivity index is 1.46. The van der Waals surface area contributed by atoms with Gasteiger partial charge in [0.15, 0.2) is 0 Å². The molecule has 26 heavy (non-hydrogen) atoms. The normalized spacial score (nSPS) is 10.5. The molecule has 7 heteroatoms. The largest absolute Gasteiger partial charge is 0.489 e. The van der Waals surface area contributed by atoms with E-state index in [-0.39, 0.29) is 0 Å². The average molecular weight is 361 g/mol. The minimum absolute atomic E-state index is 0.488. The number of thiazole rings is 1. The maximum atomic E-state index is 5.84. The summed E-state index contributed by atoms with van der Waals surface area (Å²) in [6.45, 7) is 0.488. The zero-order valence-corrected chi connectivity index (χ0v) is 14.6. The number of rotatable bonds is 6. The first-order valence-electron chi connectivity index (χ1n) is 7.98. The van der Waals surface area contributed by atoms with Crippen molar-refractivity contribution in [3.05, 3.63) is 78.2 Å². The molecule has 0 bridgehead atoms. The summed E-state index contributed by atoms with van der Waals surface area (Å²) in [5.74, 6) is 1.28. The van der Waals surface area contributed by atoms with Gasteiger partial charge in [0.2, 0.25) is 5.95 Å². The van der Waals surface area contributed by atoms with Gasteiger partial charge in [-0.3, -0.25) is 4.98 Å². The first-order valence-corrected chi connectivity index (χ1v) is 8.86. The van der Waals surface area contributed by atoms with Crippen molar-refractivity contribution in [1.29, 1.82) is 0 Å². The maximum Gasteiger partial charge on any atom is 0.227 e. The lowest BCUT2D eigenvalue weighted by molar-refractivity contribution is 0.306. The van der Waals surface area contributed by atoms with Crippen molar-refractivity contribution < 1.29 is 4.74 Å². The highest BCUT2D eigenvalue weighted by Crippen LogP contribution is 2.23. The van der Waals surface area contributed by atoms with Gasteiger partial charge in [0.05, 0.1) is 0 Å². The summed E-state index contributed by atoms with van der Waals surface area (Å²) in [4.78, 5) is 17.1. The van der Waals surface area contributed by atoms with E-state index in [1.807, 2.05) is 47.8 Å². The fourth-order valence-corrected chi connectivity index (χ4v) is 2.93. The molecule has 0 saturated heterocycles. The summed E-state index contributed by atoms with van der Waals surface area (Å²) in [5.41, 5.74) is 2.72. The van der Waals surface area contributed by atoms with Gasteiger partial charge in [-0.1, -0.05) is 6.07 Å². The summed E-state index contributed by atoms with van der Waals surface area (Å²) >= 11 is 1.54. The van der Waals surface area contributed by atoms with Crippen molar-refractivity contribution in [3.8, 4) is 16.5 Å². The highest BCUT2D eigenvalue weighted by molar-refractivity contribution is 7.13. The van der Waals surface area contributed by atoms with Gasteiger partial charge in [-0.05, 0) is 35.9 Å². The fraction of sp³-hybridized carbons (Fsp3) is 0.0526. The van der Waals surface area contributed by atoms with Crippen molar-refractivity contribution in [3.63, 3.8) is 0 Å². The molecule has 6 nitrogen and oxygen atoms in total. The Morgan fingerprint density at radius 2 is 1.88 bits per heavy atom. The smallest absolute Gasteiger partial charge is 0.227 e. The van der Waals surface area contributed by atoms with Gasteiger partial charge >= 0.3 is 0 Å². The van der Waals surface area contributed by atoms with Gasteiger partial charge in [0, 0.05) is 41.9 Å². The lowest BCUT2D eigenvalue weighted by Crippen LogP contribution is -1.99. The van der Waals surface area contributed by atoms with Crippen molar-refractivity contribution in [2.24, 2.45) is 0 Å². The lowest BCUT2D eigenvalue weighted by Gasteiger charge is -2.09. The monoisotopic (exact) mass is 361 g/mol. The minimum atomic E-state index is 0.488. The molecule has 0 atom stereocenters. The van der Waals surface area contributed by atoms with Gasteiger partial charge in [-0.2, -0.15) is 0 Å². The Hall–Kier alpha value is -3.32. The van der Waals surface area contributed by atoms with Gasteiger partial charge < -0.3 is 10.1 Å². The first-order chi connectivity index (χ1) is 12.9. The second-order valence-corrected chi connectivity index (χ2v) is 6.29. The van der Waals surface area contributed by atoms with Crippen molar-refractivity contribution >= 4 is 23.0 Å². The number of anilines is 2. The lowest BCUT2D eigenvalue weighted by atomic mass is 10.3. The van der Waals surface area contributed by atoms with Crippen LogP contribution in [0.25, 0.3) is 10.7 Å². The molecule has 0 aliphatic rings. The Kier molecular flexibility index (Phi) is 4.79.